The molecule has 3 N–H and O–H groups in total. The summed E-state index contributed by atoms with van der Waals surface area (Å²) in [5.41, 5.74) is 5.46. The second kappa shape index (κ2) is 6.05. The lowest BCUT2D eigenvalue weighted by Gasteiger charge is -2.15. The number of rotatable bonds is 4. The van der Waals surface area contributed by atoms with E-state index in [1.165, 1.54) is 24.3 Å². The molecule has 0 saturated carbocycles. The molecule has 0 heterocycles. The van der Waals surface area contributed by atoms with Gasteiger partial charge in [-0.05, 0) is 42.0 Å². The fourth-order valence-electron chi connectivity index (χ4n) is 1.77. The molecule has 1 atom stereocenters. The van der Waals surface area contributed by atoms with Crippen LogP contribution in [0.5, 0.6) is 11.5 Å². The maximum absolute atomic E-state index is 12.6. The van der Waals surface area contributed by atoms with Crippen molar-refractivity contribution in [3.8, 4) is 11.5 Å². The van der Waals surface area contributed by atoms with Gasteiger partial charge in [-0.25, -0.2) is 0 Å². The van der Waals surface area contributed by atoms with Crippen molar-refractivity contribution in [2.75, 3.05) is 6.61 Å². The van der Waals surface area contributed by atoms with E-state index in [2.05, 4.69) is 0 Å². The van der Waals surface area contributed by atoms with Gasteiger partial charge in [0.2, 0.25) is 0 Å². The number of hydrogen-bond acceptors (Lipinski definition) is 3. The zero-order valence-electron chi connectivity index (χ0n) is 11.0. The highest BCUT2D eigenvalue weighted by molar-refractivity contribution is 5.31. The number of aromatic hydroxyl groups is 1. The van der Waals surface area contributed by atoms with Crippen molar-refractivity contribution in [1.82, 2.24) is 0 Å². The summed E-state index contributed by atoms with van der Waals surface area (Å²) in [7, 11) is 0. The van der Waals surface area contributed by atoms with E-state index in [4.69, 9.17) is 15.6 Å². The molecule has 0 spiro atoms. The quantitative estimate of drug-likeness (QED) is 0.908. The van der Waals surface area contributed by atoms with Gasteiger partial charge in [-0.3, -0.25) is 0 Å². The second-order valence-corrected chi connectivity index (χ2v) is 4.53. The van der Waals surface area contributed by atoms with Crippen LogP contribution in [0.25, 0.3) is 0 Å². The average Bonchev–Trinajstić information content (AvgIpc) is 2.45. The van der Waals surface area contributed by atoms with Gasteiger partial charge in [0.05, 0.1) is 11.6 Å². The summed E-state index contributed by atoms with van der Waals surface area (Å²) in [4.78, 5) is 0. The topological polar surface area (TPSA) is 55.5 Å². The molecule has 1 unspecified atom stereocenters. The Morgan fingerprint density at radius 1 is 1.10 bits per heavy atom. The summed E-state index contributed by atoms with van der Waals surface area (Å²) in [5, 5.41) is 9.13. The summed E-state index contributed by atoms with van der Waals surface area (Å²) in [6.45, 7) is 0.0338. The molecule has 0 amide bonds. The van der Waals surface area contributed by atoms with Gasteiger partial charge in [0.25, 0.3) is 0 Å². The lowest BCUT2D eigenvalue weighted by Crippen LogP contribution is -2.19. The lowest BCUT2D eigenvalue weighted by molar-refractivity contribution is -0.137. The van der Waals surface area contributed by atoms with Crippen LogP contribution < -0.4 is 10.5 Å². The first kappa shape index (κ1) is 15.2. The van der Waals surface area contributed by atoms with Crippen LogP contribution in [0.4, 0.5) is 13.2 Å². The maximum atomic E-state index is 12.6. The standard InChI is InChI=1S/C15H14F3NO2/c16-15(17,18)11-3-1-2-10(8-11)14(19)9-21-13-6-4-12(20)5-7-13/h1-8,14,20H,9,19H2. The van der Waals surface area contributed by atoms with E-state index in [0.717, 1.165) is 12.1 Å². The molecule has 112 valence electrons. The van der Waals surface area contributed by atoms with Crippen molar-refractivity contribution >= 4 is 0 Å². The van der Waals surface area contributed by atoms with E-state index in [0.29, 0.717) is 11.3 Å². The average molecular weight is 297 g/mol. The molecule has 0 saturated heterocycles. The molecule has 3 nitrogen and oxygen atoms in total. The summed E-state index contributed by atoms with van der Waals surface area (Å²) in [6, 6.07) is 10.2. The SMILES string of the molecule is NC(COc1ccc(O)cc1)c1cccc(C(F)(F)F)c1. The predicted octanol–water partition coefficient (Wildman–Crippen LogP) is 3.49. The van der Waals surface area contributed by atoms with Gasteiger partial charge in [-0.2, -0.15) is 13.2 Å². The van der Waals surface area contributed by atoms with Gasteiger partial charge >= 0.3 is 6.18 Å². The van der Waals surface area contributed by atoms with Crippen LogP contribution in [-0.2, 0) is 6.18 Å². The Labute approximate surface area is 119 Å². The van der Waals surface area contributed by atoms with E-state index in [1.807, 2.05) is 0 Å². The van der Waals surface area contributed by atoms with Gasteiger partial charge in [0.1, 0.15) is 18.1 Å². The Morgan fingerprint density at radius 2 is 1.76 bits per heavy atom. The Morgan fingerprint density at radius 3 is 2.38 bits per heavy atom. The first-order valence-electron chi connectivity index (χ1n) is 6.21. The Hall–Kier alpha value is -2.21. The normalized spacial score (nSPS) is 13.0. The minimum Gasteiger partial charge on any atom is -0.508 e. The number of nitrogens with two attached hydrogens (primary N) is 1. The van der Waals surface area contributed by atoms with Crippen molar-refractivity contribution in [3.05, 3.63) is 59.7 Å². The van der Waals surface area contributed by atoms with Crippen LogP contribution in [-0.4, -0.2) is 11.7 Å². The third-order valence-electron chi connectivity index (χ3n) is 2.91. The summed E-state index contributed by atoms with van der Waals surface area (Å²) in [5.74, 6) is 0.583. The van der Waals surface area contributed by atoms with Crippen LogP contribution >= 0.6 is 0 Å². The number of phenols is 1. The van der Waals surface area contributed by atoms with Crippen molar-refractivity contribution in [1.29, 1.82) is 0 Å². The van der Waals surface area contributed by atoms with Crippen LogP contribution in [0.3, 0.4) is 0 Å². The molecule has 0 aliphatic carbocycles. The second-order valence-electron chi connectivity index (χ2n) is 4.53. The van der Waals surface area contributed by atoms with E-state index in [1.54, 1.807) is 12.1 Å². The van der Waals surface area contributed by atoms with Crippen molar-refractivity contribution in [3.63, 3.8) is 0 Å². The molecular formula is C15H14F3NO2. The van der Waals surface area contributed by atoms with E-state index in [9.17, 15) is 13.2 Å². The zero-order valence-corrected chi connectivity index (χ0v) is 11.0. The summed E-state index contributed by atoms with van der Waals surface area (Å²) < 4.78 is 43.3. The number of phenolic OH excluding ortho intramolecular Hbond substituents is 1. The smallest absolute Gasteiger partial charge is 0.416 e. The molecule has 0 aliphatic heterocycles. The van der Waals surface area contributed by atoms with Gasteiger partial charge < -0.3 is 15.6 Å². The number of hydrogen-bond donors (Lipinski definition) is 2. The highest BCUT2D eigenvalue weighted by Gasteiger charge is 2.30. The molecule has 0 aliphatic rings. The van der Waals surface area contributed by atoms with Gasteiger partial charge in [-0.15, -0.1) is 0 Å². The molecule has 2 rings (SSSR count). The van der Waals surface area contributed by atoms with Gasteiger partial charge in [0, 0.05) is 0 Å². The van der Waals surface area contributed by atoms with E-state index in [-0.39, 0.29) is 12.4 Å². The number of benzene rings is 2. The Balaban J connectivity index is 2.03. The Bertz CT molecular complexity index is 597. The molecule has 2 aromatic carbocycles. The van der Waals surface area contributed by atoms with Crippen molar-refractivity contribution < 1.29 is 23.0 Å². The summed E-state index contributed by atoms with van der Waals surface area (Å²) in [6.07, 6.45) is -4.40. The molecular weight excluding hydrogens is 283 g/mol. The molecule has 0 fully saturated rings. The Kier molecular flexibility index (Phi) is 4.37. The lowest BCUT2D eigenvalue weighted by atomic mass is 10.0. The first-order valence-corrected chi connectivity index (χ1v) is 6.21. The molecule has 0 aromatic heterocycles. The van der Waals surface area contributed by atoms with Crippen molar-refractivity contribution in [2.45, 2.75) is 12.2 Å². The maximum Gasteiger partial charge on any atom is 0.416 e. The van der Waals surface area contributed by atoms with E-state index >= 15 is 0 Å². The molecule has 0 radical (unpaired) electrons. The minimum atomic E-state index is -4.40. The molecule has 2 aromatic rings. The highest BCUT2D eigenvalue weighted by Crippen LogP contribution is 2.30. The predicted molar refractivity (Wildman–Crippen MR) is 72.0 cm³/mol. The number of ether oxygens (including phenoxy) is 1. The fourth-order valence-corrected chi connectivity index (χ4v) is 1.77. The number of alkyl halides is 3. The van der Waals surface area contributed by atoms with Gasteiger partial charge in [0.15, 0.2) is 0 Å². The van der Waals surface area contributed by atoms with E-state index < -0.39 is 17.8 Å². The minimum absolute atomic E-state index is 0.0338. The largest absolute Gasteiger partial charge is 0.508 e. The van der Waals surface area contributed by atoms with Crippen LogP contribution in [0.1, 0.15) is 17.2 Å². The third-order valence-corrected chi connectivity index (χ3v) is 2.91. The monoisotopic (exact) mass is 297 g/mol. The van der Waals surface area contributed by atoms with Crippen LogP contribution in [0.15, 0.2) is 48.5 Å². The first-order chi connectivity index (χ1) is 9.86. The number of halogens is 3. The molecule has 0 bridgehead atoms. The van der Waals surface area contributed by atoms with Crippen molar-refractivity contribution in [2.24, 2.45) is 5.73 Å². The summed E-state index contributed by atoms with van der Waals surface area (Å²) >= 11 is 0. The molecule has 6 heteroatoms. The van der Waals surface area contributed by atoms with Crippen LogP contribution in [0, 0.1) is 0 Å². The zero-order chi connectivity index (χ0) is 15.5. The highest BCUT2D eigenvalue weighted by atomic mass is 19.4. The van der Waals surface area contributed by atoms with Gasteiger partial charge in [-0.1, -0.05) is 12.1 Å². The van der Waals surface area contributed by atoms with Crippen LogP contribution in [0.2, 0.25) is 0 Å². The third kappa shape index (κ3) is 4.13. The molecule has 21 heavy (non-hydrogen) atoms. The fraction of sp³-hybridized carbons (Fsp3) is 0.200.